The molecule has 3 rings (SSSR count). The van der Waals surface area contributed by atoms with E-state index in [-0.39, 0.29) is 0 Å². The molecule has 0 aliphatic carbocycles. The number of aryl methyl sites for hydroxylation is 2. The van der Waals surface area contributed by atoms with Crippen molar-refractivity contribution in [3.63, 3.8) is 0 Å². The Kier molecular flexibility index (Phi) is 3.88. The maximum Gasteiger partial charge on any atom is 0.0890 e. The molecule has 0 atom stereocenters. The van der Waals surface area contributed by atoms with Crippen LogP contribution in [0, 0.1) is 13.8 Å². The summed E-state index contributed by atoms with van der Waals surface area (Å²) in [6, 6.07) is 12.1. The fourth-order valence-electron chi connectivity index (χ4n) is 2.45. The van der Waals surface area contributed by atoms with Crippen molar-refractivity contribution in [1.82, 2.24) is 9.97 Å². The number of aromatic nitrogens is 2. The third-order valence-corrected chi connectivity index (χ3v) is 3.90. The highest BCUT2D eigenvalue weighted by molar-refractivity contribution is 9.10. The Hall–Kier alpha value is -1.94. The number of rotatable bonds is 3. The van der Waals surface area contributed by atoms with E-state index in [0.717, 1.165) is 26.9 Å². The van der Waals surface area contributed by atoms with E-state index in [9.17, 15) is 0 Å². The van der Waals surface area contributed by atoms with Crippen molar-refractivity contribution in [3.8, 4) is 0 Å². The summed E-state index contributed by atoms with van der Waals surface area (Å²) < 4.78 is 1.11. The fraction of sp³-hybridized carbons (Fsp3) is 0.176. The number of nitrogens with one attached hydrogen (secondary N) is 1. The van der Waals surface area contributed by atoms with Gasteiger partial charge in [0.05, 0.1) is 29.5 Å². The summed E-state index contributed by atoms with van der Waals surface area (Å²) >= 11 is 3.52. The first-order chi connectivity index (χ1) is 10.1. The summed E-state index contributed by atoms with van der Waals surface area (Å²) in [5.74, 6) is 0. The summed E-state index contributed by atoms with van der Waals surface area (Å²) in [5.41, 5.74) is 6.40. The molecule has 3 nitrogen and oxygen atoms in total. The maximum absolute atomic E-state index is 4.63. The lowest BCUT2D eigenvalue weighted by Crippen LogP contribution is -2.05. The second-order valence-corrected chi connectivity index (χ2v) is 6.03. The quantitative estimate of drug-likeness (QED) is 0.755. The molecule has 0 radical (unpaired) electrons. The molecular formula is C17H16BrN3. The average Bonchev–Trinajstić information content (AvgIpc) is 2.46. The lowest BCUT2D eigenvalue weighted by atomic mass is 10.1. The van der Waals surface area contributed by atoms with Crippen LogP contribution >= 0.6 is 15.9 Å². The van der Waals surface area contributed by atoms with E-state index >= 15 is 0 Å². The number of fused-ring (bicyclic) bond motifs is 1. The van der Waals surface area contributed by atoms with Gasteiger partial charge in [-0.15, -0.1) is 0 Å². The van der Waals surface area contributed by atoms with Gasteiger partial charge in [0, 0.05) is 10.2 Å². The molecular weight excluding hydrogens is 326 g/mol. The van der Waals surface area contributed by atoms with Gasteiger partial charge in [-0.05, 0) is 49.2 Å². The summed E-state index contributed by atoms with van der Waals surface area (Å²) in [5, 5.41) is 3.47. The highest BCUT2D eigenvalue weighted by Gasteiger charge is 2.05. The van der Waals surface area contributed by atoms with E-state index in [1.54, 1.807) is 0 Å². The SMILES string of the molecule is Cc1cc(Br)cc(C)c1NCc1cnc2ccccc2n1. The third-order valence-electron chi connectivity index (χ3n) is 3.44. The molecule has 0 saturated heterocycles. The van der Waals surface area contributed by atoms with Crippen LogP contribution < -0.4 is 5.32 Å². The first kappa shape index (κ1) is 14.0. The molecule has 3 aromatic rings. The molecule has 0 bridgehead atoms. The Morgan fingerprint density at radius 1 is 1.05 bits per heavy atom. The van der Waals surface area contributed by atoms with Gasteiger partial charge in [0.2, 0.25) is 0 Å². The Morgan fingerprint density at radius 3 is 2.43 bits per heavy atom. The molecule has 106 valence electrons. The van der Waals surface area contributed by atoms with Crippen LogP contribution in [0.25, 0.3) is 11.0 Å². The van der Waals surface area contributed by atoms with Gasteiger partial charge in [0.25, 0.3) is 0 Å². The monoisotopic (exact) mass is 341 g/mol. The highest BCUT2D eigenvalue weighted by atomic mass is 79.9. The van der Waals surface area contributed by atoms with E-state index in [0.29, 0.717) is 6.54 Å². The zero-order chi connectivity index (χ0) is 14.8. The zero-order valence-corrected chi connectivity index (χ0v) is 13.6. The van der Waals surface area contributed by atoms with Crippen molar-refractivity contribution in [2.75, 3.05) is 5.32 Å². The van der Waals surface area contributed by atoms with E-state index < -0.39 is 0 Å². The summed E-state index contributed by atoms with van der Waals surface area (Å²) in [7, 11) is 0. The minimum absolute atomic E-state index is 0.668. The predicted molar refractivity (Wildman–Crippen MR) is 90.5 cm³/mol. The fourth-order valence-corrected chi connectivity index (χ4v) is 3.14. The Bertz CT molecular complexity index is 776. The van der Waals surface area contributed by atoms with E-state index in [1.807, 2.05) is 30.5 Å². The van der Waals surface area contributed by atoms with Crippen LogP contribution in [0.5, 0.6) is 0 Å². The number of anilines is 1. The maximum atomic E-state index is 4.63. The lowest BCUT2D eigenvalue weighted by molar-refractivity contribution is 1.03. The Morgan fingerprint density at radius 2 is 1.71 bits per heavy atom. The number of halogens is 1. The number of hydrogen-bond acceptors (Lipinski definition) is 3. The second kappa shape index (κ2) is 5.82. The van der Waals surface area contributed by atoms with Gasteiger partial charge >= 0.3 is 0 Å². The molecule has 1 heterocycles. The molecule has 0 unspecified atom stereocenters. The predicted octanol–water partition coefficient (Wildman–Crippen LogP) is 4.62. The zero-order valence-electron chi connectivity index (χ0n) is 12.0. The average molecular weight is 342 g/mol. The lowest BCUT2D eigenvalue weighted by Gasteiger charge is -2.13. The Labute approximate surface area is 132 Å². The molecule has 0 aliphatic heterocycles. The van der Waals surface area contributed by atoms with Crippen molar-refractivity contribution >= 4 is 32.7 Å². The van der Waals surface area contributed by atoms with Crippen LogP contribution in [-0.4, -0.2) is 9.97 Å². The van der Waals surface area contributed by atoms with Crippen molar-refractivity contribution < 1.29 is 0 Å². The van der Waals surface area contributed by atoms with E-state index in [2.05, 4.69) is 57.2 Å². The van der Waals surface area contributed by atoms with Crippen molar-refractivity contribution in [2.45, 2.75) is 20.4 Å². The Balaban J connectivity index is 1.83. The van der Waals surface area contributed by atoms with Gasteiger partial charge in [-0.3, -0.25) is 4.98 Å². The van der Waals surface area contributed by atoms with Gasteiger partial charge in [0.15, 0.2) is 0 Å². The number of para-hydroxylation sites is 2. The van der Waals surface area contributed by atoms with E-state index in [4.69, 9.17) is 0 Å². The third kappa shape index (κ3) is 3.05. The molecule has 0 saturated carbocycles. The molecule has 4 heteroatoms. The standard InChI is InChI=1S/C17H16BrN3/c1-11-7-13(18)8-12(2)17(11)20-10-14-9-19-15-5-3-4-6-16(15)21-14/h3-9,20H,10H2,1-2H3. The molecule has 0 aliphatic rings. The summed E-state index contributed by atoms with van der Waals surface area (Å²) in [4.78, 5) is 9.08. The van der Waals surface area contributed by atoms with Crippen molar-refractivity contribution in [2.24, 2.45) is 0 Å². The van der Waals surface area contributed by atoms with Gasteiger partial charge in [-0.2, -0.15) is 0 Å². The molecule has 1 N–H and O–H groups in total. The molecule has 0 amide bonds. The smallest absolute Gasteiger partial charge is 0.0890 e. The van der Waals surface area contributed by atoms with Crippen LogP contribution in [0.3, 0.4) is 0 Å². The number of hydrogen-bond donors (Lipinski definition) is 1. The normalized spacial score (nSPS) is 10.8. The largest absolute Gasteiger partial charge is 0.379 e. The summed E-state index contributed by atoms with van der Waals surface area (Å²) in [6.45, 7) is 4.87. The highest BCUT2D eigenvalue weighted by Crippen LogP contribution is 2.25. The summed E-state index contributed by atoms with van der Waals surface area (Å²) in [6.07, 6.45) is 1.83. The van der Waals surface area contributed by atoms with Crippen LogP contribution in [0.15, 0.2) is 47.1 Å². The first-order valence-corrected chi connectivity index (χ1v) is 7.64. The van der Waals surface area contributed by atoms with Crippen LogP contribution in [0.1, 0.15) is 16.8 Å². The molecule has 1 aromatic heterocycles. The van der Waals surface area contributed by atoms with Crippen molar-refractivity contribution in [1.29, 1.82) is 0 Å². The van der Waals surface area contributed by atoms with Gasteiger partial charge in [0.1, 0.15) is 0 Å². The number of benzene rings is 2. The van der Waals surface area contributed by atoms with Gasteiger partial charge in [-0.1, -0.05) is 28.1 Å². The molecule has 0 fully saturated rings. The number of nitrogens with zero attached hydrogens (tertiary/aromatic N) is 2. The van der Waals surface area contributed by atoms with Crippen LogP contribution in [-0.2, 0) is 6.54 Å². The molecule has 2 aromatic carbocycles. The van der Waals surface area contributed by atoms with Gasteiger partial charge < -0.3 is 5.32 Å². The molecule has 0 spiro atoms. The van der Waals surface area contributed by atoms with Gasteiger partial charge in [-0.25, -0.2) is 4.98 Å². The van der Waals surface area contributed by atoms with Crippen molar-refractivity contribution in [3.05, 3.63) is 63.9 Å². The second-order valence-electron chi connectivity index (χ2n) is 5.12. The van der Waals surface area contributed by atoms with Crippen LogP contribution in [0.4, 0.5) is 5.69 Å². The van der Waals surface area contributed by atoms with E-state index in [1.165, 1.54) is 11.1 Å². The minimum atomic E-state index is 0.668. The van der Waals surface area contributed by atoms with Crippen LogP contribution in [0.2, 0.25) is 0 Å². The molecule has 21 heavy (non-hydrogen) atoms. The minimum Gasteiger partial charge on any atom is -0.379 e. The first-order valence-electron chi connectivity index (χ1n) is 6.85. The topological polar surface area (TPSA) is 37.8 Å².